The summed E-state index contributed by atoms with van der Waals surface area (Å²) in [5.74, 6) is 0.764. The van der Waals surface area contributed by atoms with Gasteiger partial charge in [0.2, 0.25) is 5.91 Å². The lowest BCUT2D eigenvalue weighted by Crippen LogP contribution is -2.44. The molecule has 0 spiro atoms. The van der Waals surface area contributed by atoms with Crippen molar-refractivity contribution in [1.29, 1.82) is 0 Å². The normalized spacial score (nSPS) is 15.9. The number of anilines is 1. The Balaban J connectivity index is 1.09. The molecule has 2 N–H and O–H groups in total. The lowest BCUT2D eigenvalue weighted by Gasteiger charge is -2.29. The van der Waals surface area contributed by atoms with Gasteiger partial charge in [0.25, 0.3) is 11.5 Å². The van der Waals surface area contributed by atoms with Crippen LogP contribution in [0.5, 0.6) is 11.5 Å². The summed E-state index contributed by atoms with van der Waals surface area (Å²) >= 11 is 0. The Morgan fingerprint density at radius 2 is 1.79 bits per heavy atom. The van der Waals surface area contributed by atoms with Crippen LogP contribution in [-0.4, -0.2) is 71.2 Å². The van der Waals surface area contributed by atoms with E-state index in [-0.39, 0.29) is 35.4 Å². The van der Waals surface area contributed by atoms with Gasteiger partial charge in [0.15, 0.2) is 5.78 Å². The van der Waals surface area contributed by atoms with Crippen LogP contribution in [0.1, 0.15) is 65.7 Å². The Kier molecular flexibility index (Phi) is 10.4. The summed E-state index contributed by atoms with van der Waals surface area (Å²) in [6, 6.07) is 8.68. The SMILES string of the molecule is COc1cc(-c2cn(C)c(=O)c(C)n2)cc(OC)c1CCCC(=O)NCCCNc1cccc2c1CN(C1CCC(=O)CC1=O)C2=O. The van der Waals surface area contributed by atoms with Crippen molar-refractivity contribution in [2.24, 2.45) is 7.05 Å². The predicted octanol–water partition coefficient (Wildman–Crippen LogP) is 3.36. The third kappa shape index (κ3) is 7.37. The van der Waals surface area contributed by atoms with Gasteiger partial charge in [0, 0.05) is 73.7 Å². The quantitative estimate of drug-likeness (QED) is 0.211. The molecule has 1 aliphatic carbocycles. The number of ether oxygens (including phenoxy) is 2. The van der Waals surface area contributed by atoms with Gasteiger partial charge in [-0.05, 0) is 56.9 Å². The van der Waals surface area contributed by atoms with Crippen molar-refractivity contribution in [3.8, 4) is 22.8 Å². The molecule has 1 aromatic heterocycles. The largest absolute Gasteiger partial charge is 0.496 e. The number of aryl methyl sites for hydroxylation is 2. The monoisotopic (exact) mass is 643 g/mol. The maximum absolute atomic E-state index is 13.1. The van der Waals surface area contributed by atoms with Crippen molar-refractivity contribution in [3.05, 3.63) is 69.3 Å². The molecule has 1 unspecified atom stereocenters. The van der Waals surface area contributed by atoms with Gasteiger partial charge in [-0.25, -0.2) is 4.98 Å². The summed E-state index contributed by atoms with van der Waals surface area (Å²) in [4.78, 5) is 67.9. The Bertz CT molecular complexity index is 1710. The highest BCUT2D eigenvalue weighted by Gasteiger charge is 2.39. The van der Waals surface area contributed by atoms with Crippen molar-refractivity contribution >= 4 is 29.1 Å². The number of aromatic nitrogens is 2. The lowest BCUT2D eigenvalue weighted by molar-refractivity contribution is -0.133. The highest BCUT2D eigenvalue weighted by atomic mass is 16.5. The standard InChI is InChI=1S/C35H41N5O7/c1-21-34(44)39(2)20-28(38-21)22-16-31(46-3)25(32(17-22)47-4)9-6-11-33(43)37-15-7-14-36-27-10-5-8-24-26(27)19-40(35(24)45)29-13-12-23(41)18-30(29)42/h5,8,10,16-17,20,29,36H,6-7,9,11-15,18-19H2,1-4H3,(H,37,43). The van der Waals surface area contributed by atoms with Crippen molar-refractivity contribution in [1.82, 2.24) is 19.8 Å². The van der Waals surface area contributed by atoms with Crippen LogP contribution in [0, 0.1) is 6.92 Å². The summed E-state index contributed by atoms with van der Waals surface area (Å²) in [5.41, 5.74) is 4.75. The molecule has 1 saturated carbocycles. The number of Topliss-reactive ketones (excluding diaryl/α,β-unsaturated/α-hetero) is 2. The third-order valence-electron chi connectivity index (χ3n) is 8.77. The van der Waals surface area contributed by atoms with Gasteiger partial charge < -0.3 is 29.6 Å². The zero-order valence-electron chi connectivity index (χ0n) is 27.3. The van der Waals surface area contributed by atoms with Crippen LogP contribution >= 0.6 is 0 Å². The molecular weight excluding hydrogens is 602 g/mol. The molecule has 0 saturated heterocycles. The van der Waals surface area contributed by atoms with Gasteiger partial charge in [-0.15, -0.1) is 0 Å². The average molecular weight is 644 g/mol. The van der Waals surface area contributed by atoms with Crippen LogP contribution in [-0.2, 0) is 34.4 Å². The zero-order valence-corrected chi connectivity index (χ0v) is 27.3. The Labute approximate surface area is 273 Å². The van der Waals surface area contributed by atoms with E-state index in [1.807, 2.05) is 24.3 Å². The minimum absolute atomic E-state index is 0.0538. The lowest BCUT2D eigenvalue weighted by atomic mass is 9.92. The second-order valence-electron chi connectivity index (χ2n) is 12.0. The first-order valence-electron chi connectivity index (χ1n) is 15.9. The second kappa shape index (κ2) is 14.6. The first kappa shape index (κ1) is 33.4. The number of nitrogens with zero attached hydrogens (tertiary/aromatic N) is 3. The molecule has 2 aliphatic rings. The average Bonchev–Trinajstić information content (AvgIpc) is 3.39. The van der Waals surface area contributed by atoms with E-state index in [0.717, 1.165) is 22.4 Å². The molecule has 248 valence electrons. The van der Waals surface area contributed by atoms with Crippen LogP contribution in [0.3, 0.4) is 0 Å². The number of ketones is 2. The van der Waals surface area contributed by atoms with Crippen molar-refractivity contribution in [3.63, 3.8) is 0 Å². The zero-order chi connectivity index (χ0) is 33.7. The summed E-state index contributed by atoms with van der Waals surface area (Å²) in [7, 11) is 4.85. The maximum Gasteiger partial charge on any atom is 0.271 e. The van der Waals surface area contributed by atoms with Gasteiger partial charge in [-0.2, -0.15) is 0 Å². The molecule has 5 rings (SSSR count). The van der Waals surface area contributed by atoms with E-state index in [2.05, 4.69) is 15.6 Å². The van der Waals surface area contributed by atoms with Crippen LogP contribution in [0.15, 0.2) is 41.3 Å². The van der Waals surface area contributed by atoms with Crippen LogP contribution in [0.25, 0.3) is 11.3 Å². The third-order valence-corrected chi connectivity index (χ3v) is 8.77. The highest BCUT2D eigenvalue weighted by Crippen LogP contribution is 2.36. The molecule has 1 fully saturated rings. The predicted molar refractivity (Wildman–Crippen MR) is 176 cm³/mol. The number of carbonyl (C=O) groups is 4. The summed E-state index contributed by atoms with van der Waals surface area (Å²) in [5, 5.41) is 6.35. The van der Waals surface area contributed by atoms with Gasteiger partial charge in [0.1, 0.15) is 23.0 Å². The molecule has 1 aliphatic heterocycles. The summed E-state index contributed by atoms with van der Waals surface area (Å²) in [6.07, 6.45) is 4.44. The number of hydrogen-bond acceptors (Lipinski definition) is 9. The number of carbonyl (C=O) groups excluding carboxylic acids is 4. The van der Waals surface area contributed by atoms with E-state index in [1.54, 1.807) is 45.4 Å². The molecule has 0 radical (unpaired) electrons. The van der Waals surface area contributed by atoms with Gasteiger partial charge in [-0.1, -0.05) is 6.07 Å². The van der Waals surface area contributed by atoms with Crippen molar-refractivity contribution < 1.29 is 28.7 Å². The highest BCUT2D eigenvalue weighted by molar-refractivity contribution is 6.08. The number of amides is 2. The molecule has 47 heavy (non-hydrogen) atoms. The first-order valence-corrected chi connectivity index (χ1v) is 15.9. The minimum Gasteiger partial charge on any atom is -0.496 e. The first-order chi connectivity index (χ1) is 22.6. The Hall–Kier alpha value is -5.00. The number of rotatable bonds is 13. The molecule has 3 aromatic rings. The maximum atomic E-state index is 13.1. The van der Waals surface area contributed by atoms with Gasteiger partial charge in [-0.3, -0.25) is 24.0 Å². The molecule has 2 heterocycles. The van der Waals surface area contributed by atoms with E-state index in [4.69, 9.17) is 9.47 Å². The molecule has 12 heteroatoms. The van der Waals surface area contributed by atoms with E-state index < -0.39 is 6.04 Å². The molecule has 0 bridgehead atoms. The van der Waals surface area contributed by atoms with Gasteiger partial charge in [0.05, 0.1) is 32.4 Å². The van der Waals surface area contributed by atoms with Crippen molar-refractivity contribution in [2.75, 3.05) is 32.6 Å². The van der Waals surface area contributed by atoms with E-state index in [0.29, 0.717) is 86.6 Å². The summed E-state index contributed by atoms with van der Waals surface area (Å²) in [6.45, 7) is 3.09. The fourth-order valence-corrected chi connectivity index (χ4v) is 6.29. The number of fused-ring (bicyclic) bond motifs is 1. The summed E-state index contributed by atoms with van der Waals surface area (Å²) < 4.78 is 12.8. The molecule has 12 nitrogen and oxygen atoms in total. The fourth-order valence-electron chi connectivity index (χ4n) is 6.29. The smallest absolute Gasteiger partial charge is 0.271 e. The Morgan fingerprint density at radius 3 is 2.47 bits per heavy atom. The van der Waals surface area contributed by atoms with Crippen LogP contribution in [0.2, 0.25) is 0 Å². The number of hydrogen-bond donors (Lipinski definition) is 2. The van der Waals surface area contributed by atoms with Crippen LogP contribution < -0.4 is 25.7 Å². The number of benzene rings is 2. The van der Waals surface area contributed by atoms with E-state index in [1.165, 1.54) is 4.57 Å². The van der Waals surface area contributed by atoms with E-state index in [9.17, 15) is 24.0 Å². The number of methoxy groups -OCH3 is 2. The Morgan fingerprint density at radius 1 is 1.04 bits per heavy atom. The minimum atomic E-state index is -0.550. The topological polar surface area (TPSA) is 149 Å². The van der Waals surface area contributed by atoms with Crippen LogP contribution in [0.4, 0.5) is 5.69 Å². The molecule has 2 aromatic carbocycles. The molecule has 1 atom stereocenters. The van der Waals surface area contributed by atoms with Gasteiger partial charge >= 0.3 is 0 Å². The van der Waals surface area contributed by atoms with Crippen molar-refractivity contribution in [2.45, 2.75) is 64.5 Å². The van der Waals surface area contributed by atoms with E-state index >= 15 is 0 Å². The number of nitrogens with one attached hydrogen (secondary N) is 2. The fraction of sp³-hybridized carbons (Fsp3) is 0.429. The second-order valence-corrected chi connectivity index (χ2v) is 12.0. The molecular formula is C35H41N5O7. The molecule has 2 amide bonds.